The van der Waals surface area contributed by atoms with Crippen LogP contribution >= 0.6 is 0 Å². The van der Waals surface area contributed by atoms with Crippen LogP contribution in [0.4, 0.5) is 0 Å². The average molecular weight is 206 g/mol. The molecular formula is C14H22O. The van der Waals surface area contributed by atoms with Crippen LogP contribution in [-0.2, 0) is 17.6 Å². The SMILES string of the molecule is CCCCc1ccc(CCOCC)cc1. The lowest BCUT2D eigenvalue weighted by Gasteiger charge is -2.04. The third-order valence-corrected chi connectivity index (χ3v) is 2.58. The van der Waals surface area contributed by atoms with Crippen molar-refractivity contribution in [2.45, 2.75) is 39.5 Å². The molecule has 1 rings (SSSR count). The normalized spacial score (nSPS) is 10.5. The maximum Gasteiger partial charge on any atom is 0.0506 e. The third-order valence-electron chi connectivity index (χ3n) is 2.58. The molecule has 0 fully saturated rings. The Labute approximate surface area is 93.5 Å². The van der Waals surface area contributed by atoms with Gasteiger partial charge in [-0.1, -0.05) is 37.6 Å². The number of rotatable bonds is 7. The fourth-order valence-corrected chi connectivity index (χ4v) is 1.59. The molecule has 0 radical (unpaired) electrons. The molecule has 0 aliphatic rings. The summed E-state index contributed by atoms with van der Waals surface area (Å²) in [5.41, 5.74) is 2.83. The second-order valence-electron chi connectivity index (χ2n) is 3.87. The Bertz CT molecular complexity index is 251. The molecule has 15 heavy (non-hydrogen) atoms. The first-order valence-electron chi connectivity index (χ1n) is 6.02. The third kappa shape index (κ3) is 4.98. The van der Waals surface area contributed by atoms with Gasteiger partial charge in [-0.3, -0.25) is 0 Å². The largest absolute Gasteiger partial charge is 0.381 e. The van der Waals surface area contributed by atoms with E-state index in [0.29, 0.717) is 0 Å². The molecule has 0 N–H and O–H groups in total. The van der Waals surface area contributed by atoms with Crippen molar-refractivity contribution in [1.29, 1.82) is 0 Å². The van der Waals surface area contributed by atoms with Crippen molar-refractivity contribution in [3.8, 4) is 0 Å². The van der Waals surface area contributed by atoms with Crippen molar-refractivity contribution in [3.05, 3.63) is 35.4 Å². The van der Waals surface area contributed by atoms with Crippen LogP contribution in [0, 0.1) is 0 Å². The van der Waals surface area contributed by atoms with Gasteiger partial charge in [-0.2, -0.15) is 0 Å². The lowest BCUT2D eigenvalue weighted by Crippen LogP contribution is -1.97. The van der Waals surface area contributed by atoms with E-state index < -0.39 is 0 Å². The van der Waals surface area contributed by atoms with Gasteiger partial charge >= 0.3 is 0 Å². The fourth-order valence-electron chi connectivity index (χ4n) is 1.59. The topological polar surface area (TPSA) is 9.23 Å². The van der Waals surface area contributed by atoms with Crippen LogP contribution in [0.25, 0.3) is 0 Å². The van der Waals surface area contributed by atoms with Crippen molar-refractivity contribution in [2.24, 2.45) is 0 Å². The van der Waals surface area contributed by atoms with Crippen LogP contribution in [0.1, 0.15) is 37.8 Å². The molecule has 0 aliphatic heterocycles. The lowest BCUT2D eigenvalue weighted by atomic mass is 10.1. The van der Waals surface area contributed by atoms with Crippen molar-refractivity contribution >= 4 is 0 Å². The Hall–Kier alpha value is -0.820. The van der Waals surface area contributed by atoms with E-state index >= 15 is 0 Å². The minimum Gasteiger partial charge on any atom is -0.381 e. The molecule has 1 nitrogen and oxygen atoms in total. The summed E-state index contributed by atoms with van der Waals surface area (Å²) in [7, 11) is 0. The van der Waals surface area contributed by atoms with Crippen molar-refractivity contribution in [1.82, 2.24) is 0 Å². The highest BCUT2D eigenvalue weighted by Gasteiger charge is 1.95. The van der Waals surface area contributed by atoms with E-state index in [2.05, 4.69) is 31.2 Å². The Kier molecular flexibility index (Phi) is 6.10. The molecule has 0 heterocycles. The molecule has 0 spiro atoms. The van der Waals surface area contributed by atoms with Crippen LogP contribution in [0.3, 0.4) is 0 Å². The monoisotopic (exact) mass is 206 g/mol. The summed E-state index contributed by atoms with van der Waals surface area (Å²) in [6.07, 6.45) is 4.80. The number of hydrogen-bond acceptors (Lipinski definition) is 1. The van der Waals surface area contributed by atoms with Gasteiger partial charge in [0.25, 0.3) is 0 Å². The first-order valence-corrected chi connectivity index (χ1v) is 6.02. The van der Waals surface area contributed by atoms with E-state index in [4.69, 9.17) is 4.74 Å². The maximum atomic E-state index is 5.33. The minimum absolute atomic E-state index is 0.814. The zero-order valence-electron chi connectivity index (χ0n) is 9.96. The van der Waals surface area contributed by atoms with E-state index in [1.165, 1.54) is 30.4 Å². The molecule has 0 saturated carbocycles. The number of benzene rings is 1. The molecule has 0 amide bonds. The fraction of sp³-hybridized carbons (Fsp3) is 0.571. The summed E-state index contributed by atoms with van der Waals surface area (Å²) in [5, 5.41) is 0. The molecule has 0 aliphatic carbocycles. The van der Waals surface area contributed by atoms with Crippen LogP contribution in [0.5, 0.6) is 0 Å². The van der Waals surface area contributed by atoms with E-state index in [0.717, 1.165) is 19.6 Å². The summed E-state index contributed by atoms with van der Waals surface area (Å²) < 4.78 is 5.33. The smallest absolute Gasteiger partial charge is 0.0506 e. The molecular weight excluding hydrogens is 184 g/mol. The minimum atomic E-state index is 0.814. The first-order chi connectivity index (χ1) is 7.36. The predicted molar refractivity (Wildman–Crippen MR) is 65.3 cm³/mol. The molecule has 0 aromatic heterocycles. The highest BCUT2D eigenvalue weighted by atomic mass is 16.5. The number of ether oxygens (including phenoxy) is 1. The van der Waals surface area contributed by atoms with E-state index in [1.54, 1.807) is 0 Å². The van der Waals surface area contributed by atoms with Gasteiger partial charge in [-0.05, 0) is 37.3 Å². The van der Waals surface area contributed by atoms with Crippen molar-refractivity contribution in [2.75, 3.05) is 13.2 Å². The quantitative estimate of drug-likeness (QED) is 0.619. The van der Waals surface area contributed by atoms with Gasteiger partial charge in [0.1, 0.15) is 0 Å². The standard InChI is InChI=1S/C14H22O/c1-3-5-6-13-7-9-14(10-8-13)11-12-15-4-2/h7-10H,3-6,11-12H2,1-2H3. The summed E-state index contributed by atoms with van der Waals surface area (Å²) in [4.78, 5) is 0. The van der Waals surface area contributed by atoms with Gasteiger partial charge < -0.3 is 4.74 Å². The summed E-state index contributed by atoms with van der Waals surface area (Å²) in [5.74, 6) is 0. The second kappa shape index (κ2) is 7.47. The van der Waals surface area contributed by atoms with E-state index in [9.17, 15) is 0 Å². The highest BCUT2D eigenvalue weighted by Crippen LogP contribution is 2.08. The van der Waals surface area contributed by atoms with Crippen molar-refractivity contribution < 1.29 is 4.74 Å². The number of aryl methyl sites for hydroxylation is 1. The molecule has 1 heteroatoms. The summed E-state index contributed by atoms with van der Waals surface area (Å²) in [6.45, 7) is 5.92. The van der Waals surface area contributed by atoms with E-state index in [1.807, 2.05) is 6.92 Å². The molecule has 1 aromatic carbocycles. The van der Waals surface area contributed by atoms with Gasteiger partial charge in [0.2, 0.25) is 0 Å². The molecule has 1 aromatic rings. The average Bonchev–Trinajstić information content (AvgIpc) is 2.28. The second-order valence-corrected chi connectivity index (χ2v) is 3.87. The molecule has 84 valence electrons. The lowest BCUT2D eigenvalue weighted by molar-refractivity contribution is 0.151. The van der Waals surface area contributed by atoms with Crippen LogP contribution in [0.15, 0.2) is 24.3 Å². The maximum absolute atomic E-state index is 5.33. The molecule has 0 unspecified atom stereocenters. The number of hydrogen-bond donors (Lipinski definition) is 0. The number of unbranched alkanes of at least 4 members (excludes halogenated alkanes) is 1. The highest BCUT2D eigenvalue weighted by molar-refractivity contribution is 5.22. The van der Waals surface area contributed by atoms with E-state index in [-0.39, 0.29) is 0 Å². The van der Waals surface area contributed by atoms with Gasteiger partial charge in [0, 0.05) is 6.61 Å². The van der Waals surface area contributed by atoms with Crippen LogP contribution in [0.2, 0.25) is 0 Å². The zero-order valence-corrected chi connectivity index (χ0v) is 9.96. The predicted octanol–water partition coefficient (Wildman–Crippen LogP) is 3.61. The Balaban J connectivity index is 2.35. The Morgan fingerprint density at radius 1 is 0.933 bits per heavy atom. The van der Waals surface area contributed by atoms with Gasteiger partial charge in [0.05, 0.1) is 6.61 Å². The van der Waals surface area contributed by atoms with Gasteiger partial charge in [-0.25, -0.2) is 0 Å². The molecule has 0 atom stereocenters. The Morgan fingerprint density at radius 2 is 1.53 bits per heavy atom. The first kappa shape index (κ1) is 12.3. The van der Waals surface area contributed by atoms with Gasteiger partial charge in [-0.15, -0.1) is 0 Å². The summed E-state index contributed by atoms with van der Waals surface area (Å²) in [6, 6.07) is 8.95. The molecule has 0 bridgehead atoms. The Morgan fingerprint density at radius 3 is 2.07 bits per heavy atom. The van der Waals surface area contributed by atoms with Crippen LogP contribution in [-0.4, -0.2) is 13.2 Å². The van der Waals surface area contributed by atoms with Crippen LogP contribution < -0.4 is 0 Å². The van der Waals surface area contributed by atoms with Crippen molar-refractivity contribution in [3.63, 3.8) is 0 Å². The van der Waals surface area contributed by atoms with Gasteiger partial charge in [0.15, 0.2) is 0 Å². The zero-order chi connectivity index (χ0) is 10.9. The molecule has 0 saturated heterocycles. The summed E-state index contributed by atoms with van der Waals surface area (Å²) >= 11 is 0.